The summed E-state index contributed by atoms with van der Waals surface area (Å²) in [5.41, 5.74) is 0. The molecule has 9 heavy (non-hydrogen) atoms. The van der Waals surface area contributed by atoms with Crippen LogP contribution in [0.5, 0.6) is 0 Å². The van der Waals surface area contributed by atoms with E-state index in [9.17, 15) is 12.9 Å². The van der Waals surface area contributed by atoms with E-state index in [0.717, 1.165) is 0 Å². The van der Waals surface area contributed by atoms with Crippen molar-refractivity contribution in [3.05, 3.63) is 10.5 Å². The summed E-state index contributed by atoms with van der Waals surface area (Å²) in [6, 6.07) is 0. The van der Waals surface area contributed by atoms with E-state index < -0.39 is 6.98 Å². The highest BCUT2D eigenvalue weighted by Gasteiger charge is 2.18. The first-order valence-corrected chi connectivity index (χ1v) is 3.92. The third-order valence-corrected chi connectivity index (χ3v) is 2.26. The van der Waals surface area contributed by atoms with Gasteiger partial charge in [-0.2, -0.15) is 0 Å². The molecular formula is C3H2BBr2F3-. The Morgan fingerprint density at radius 3 is 2.00 bits per heavy atom. The number of rotatable bonds is 2. The highest BCUT2D eigenvalue weighted by atomic mass is 79.9. The van der Waals surface area contributed by atoms with Gasteiger partial charge >= 0.3 is 6.98 Å². The Labute approximate surface area is 67.8 Å². The average Bonchev–Trinajstić information content (AvgIpc) is 1.62. The molecule has 0 aliphatic carbocycles. The third kappa shape index (κ3) is 6.44. The maximum Gasteiger partial charge on any atom is 0.507 e. The Hall–Kier alpha value is 0.555. The number of halogens is 5. The van der Waals surface area contributed by atoms with Gasteiger partial charge in [0, 0.05) is 5.33 Å². The Morgan fingerprint density at radius 2 is 1.89 bits per heavy atom. The van der Waals surface area contributed by atoms with Crippen LogP contribution in [0.3, 0.4) is 0 Å². The molecule has 6 heteroatoms. The molecule has 0 aromatic rings. The van der Waals surface area contributed by atoms with E-state index in [1.807, 2.05) is 0 Å². The van der Waals surface area contributed by atoms with Gasteiger partial charge in [0.25, 0.3) is 0 Å². The van der Waals surface area contributed by atoms with Gasteiger partial charge in [0.2, 0.25) is 0 Å². The zero-order valence-electron chi connectivity index (χ0n) is 4.17. The fourth-order valence-electron chi connectivity index (χ4n) is 0.216. The number of hydrogen-bond donors (Lipinski definition) is 0. The van der Waals surface area contributed by atoms with Crippen molar-refractivity contribution >= 4 is 38.8 Å². The minimum atomic E-state index is -4.91. The molecule has 0 aliphatic heterocycles. The fourth-order valence-corrected chi connectivity index (χ4v) is 0.638. The van der Waals surface area contributed by atoms with Crippen molar-refractivity contribution in [1.82, 2.24) is 0 Å². The Kier molecular flexibility index (Phi) is 3.88. The molecule has 0 heterocycles. The smallest absolute Gasteiger partial charge is 0.445 e. The lowest BCUT2D eigenvalue weighted by Crippen LogP contribution is -2.11. The predicted octanol–water partition coefficient (Wildman–Crippen LogP) is 2.85. The minimum Gasteiger partial charge on any atom is -0.445 e. The Morgan fingerprint density at radius 1 is 1.44 bits per heavy atom. The summed E-state index contributed by atoms with van der Waals surface area (Å²) in [5.74, 6) is 1.32. The van der Waals surface area contributed by atoms with Crippen LogP contribution in [0.2, 0.25) is 0 Å². The number of hydrogen-bond acceptors (Lipinski definition) is 0. The molecular weight excluding hydrogens is 264 g/mol. The molecule has 0 rings (SSSR count). The van der Waals surface area contributed by atoms with Crippen molar-refractivity contribution in [2.24, 2.45) is 0 Å². The maximum absolute atomic E-state index is 11.4. The third-order valence-electron chi connectivity index (χ3n) is 0.438. The van der Waals surface area contributed by atoms with Crippen molar-refractivity contribution in [1.29, 1.82) is 0 Å². The summed E-state index contributed by atoms with van der Waals surface area (Å²) in [6.07, 6.45) is 0. The van der Waals surface area contributed by atoms with Crippen molar-refractivity contribution in [3.63, 3.8) is 0 Å². The summed E-state index contributed by atoms with van der Waals surface area (Å²) in [5, 5.41) is 0.147. The monoisotopic (exact) mass is 264 g/mol. The van der Waals surface area contributed by atoms with E-state index in [0.29, 0.717) is 0 Å². The minimum absolute atomic E-state index is 0.00463. The van der Waals surface area contributed by atoms with Gasteiger partial charge in [-0.25, -0.2) is 0 Å². The first-order valence-electron chi connectivity index (χ1n) is 2.00. The largest absolute Gasteiger partial charge is 0.507 e. The molecule has 0 N–H and O–H groups in total. The molecule has 0 fully saturated rings. The zero-order chi connectivity index (χ0) is 7.49. The van der Waals surface area contributed by atoms with E-state index in [1.165, 1.54) is 5.98 Å². The molecule has 0 saturated heterocycles. The highest BCUT2D eigenvalue weighted by Crippen LogP contribution is 2.16. The summed E-state index contributed by atoms with van der Waals surface area (Å²) in [4.78, 5) is 0. The van der Waals surface area contributed by atoms with Crippen molar-refractivity contribution in [2.75, 3.05) is 5.33 Å². The summed E-state index contributed by atoms with van der Waals surface area (Å²) in [7, 11) is 0. The van der Waals surface area contributed by atoms with Crippen molar-refractivity contribution < 1.29 is 12.9 Å². The molecule has 0 spiro atoms. The molecule has 0 saturated carbocycles. The van der Waals surface area contributed by atoms with E-state index in [4.69, 9.17) is 0 Å². The average molecular weight is 266 g/mol. The summed E-state index contributed by atoms with van der Waals surface area (Å²) >= 11 is 5.50. The molecule has 53 valence electrons. The second kappa shape index (κ2) is 3.66. The molecule has 0 amide bonds. The fraction of sp³-hybridized carbons (Fsp3) is 0.333. The van der Waals surface area contributed by atoms with Crippen LogP contribution in [0.1, 0.15) is 0 Å². The highest BCUT2D eigenvalue weighted by molar-refractivity contribution is 9.13. The van der Waals surface area contributed by atoms with Crippen molar-refractivity contribution in [2.45, 2.75) is 0 Å². The Balaban J connectivity index is 3.95. The first kappa shape index (κ1) is 9.55. The molecule has 0 aromatic carbocycles. The van der Waals surface area contributed by atoms with Crippen LogP contribution in [-0.2, 0) is 0 Å². The predicted molar refractivity (Wildman–Crippen MR) is 38.6 cm³/mol. The van der Waals surface area contributed by atoms with E-state index in [-0.39, 0.29) is 9.81 Å². The van der Waals surface area contributed by atoms with Gasteiger partial charge in [-0.05, 0) is 4.48 Å². The van der Waals surface area contributed by atoms with Gasteiger partial charge < -0.3 is 12.9 Å². The summed E-state index contributed by atoms with van der Waals surface area (Å²) < 4.78 is 34.1. The lowest BCUT2D eigenvalue weighted by Gasteiger charge is -2.06. The van der Waals surface area contributed by atoms with Crippen LogP contribution < -0.4 is 0 Å². The normalized spacial score (nSPS) is 14.1. The van der Waals surface area contributed by atoms with Gasteiger partial charge in [0.05, 0.1) is 0 Å². The van der Waals surface area contributed by atoms with Gasteiger partial charge in [0.15, 0.2) is 0 Å². The van der Waals surface area contributed by atoms with E-state index >= 15 is 0 Å². The van der Waals surface area contributed by atoms with Crippen LogP contribution >= 0.6 is 31.9 Å². The van der Waals surface area contributed by atoms with Gasteiger partial charge in [-0.3, -0.25) is 0 Å². The van der Waals surface area contributed by atoms with Crippen LogP contribution in [0.15, 0.2) is 4.48 Å². The zero-order valence-corrected chi connectivity index (χ0v) is 7.35. The standard InChI is InChI=1S/C3H2BBr2F3/c5-2-3(6)1-4(7,8)9/h2H2/q-1. The van der Waals surface area contributed by atoms with Gasteiger partial charge in [-0.15, -0.1) is 5.98 Å². The van der Waals surface area contributed by atoms with E-state index in [1.54, 1.807) is 0 Å². The molecule has 1 radical (unpaired) electrons. The second-order valence-corrected chi connectivity index (χ2v) is 2.78. The molecule has 0 unspecified atom stereocenters. The Bertz CT molecular complexity index is 119. The SMILES string of the molecule is F[B-](F)(F)[C]=C(Br)CBr. The lowest BCUT2D eigenvalue weighted by atomic mass is 9.92. The molecule has 0 bridgehead atoms. The maximum atomic E-state index is 11.4. The summed E-state index contributed by atoms with van der Waals surface area (Å²) in [6.45, 7) is -4.91. The first-order chi connectivity index (χ1) is 3.95. The van der Waals surface area contributed by atoms with Crippen LogP contribution in [0.4, 0.5) is 12.9 Å². The molecule has 0 nitrogen and oxygen atoms in total. The topological polar surface area (TPSA) is 0 Å². The quantitative estimate of drug-likeness (QED) is 0.532. The van der Waals surface area contributed by atoms with Crippen LogP contribution in [-0.4, -0.2) is 12.3 Å². The molecule has 0 aliphatic rings. The van der Waals surface area contributed by atoms with Crippen LogP contribution in [0, 0.1) is 5.98 Å². The van der Waals surface area contributed by atoms with Gasteiger partial charge in [0.1, 0.15) is 0 Å². The van der Waals surface area contributed by atoms with Gasteiger partial charge in [-0.1, -0.05) is 31.9 Å². The lowest BCUT2D eigenvalue weighted by molar-refractivity contribution is 0.494. The molecule has 0 atom stereocenters. The van der Waals surface area contributed by atoms with Crippen LogP contribution in [0.25, 0.3) is 0 Å². The molecule has 0 aromatic heterocycles. The number of allylic oxidation sites excluding steroid dienone is 1. The second-order valence-electron chi connectivity index (χ2n) is 1.26. The van der Waals surface area contributed by atoms with Crippen molar-refractivity contribution in [3.8, 4) is 0 Å². The van der Waals surface area contributed by atoms with E-state index in [2.05, 4.69) is 31.9 Å². The number of alkyl halides is 1.